The minimum Gasteiger partial charge on any atom is -0.330 e. The number of aryl methyl sites for hydroxylation is 1. The lowest BCUT2D eigenvalue weighted by molar-refractivity contribution is 0.687. The molecule has 0 aliphatic rings. The second-order valence-electron chi connectivity index (χ2n) is 4.94. The fourth-order valence-corrected chi connectivity index (χ4v) is 2.37. The number of hydrogen-bond acceptors (Lipinski definition) is 2. The van der Waals surface area contributed by atoms with Gasteiger partial charge in [0.15, 0.2) is 0 Å². The molecule has 1 atom stereocenters. The Morgan fingerprint density at radius 1 is 1.26 bits per heavy atom. The van der Waals surface area contributed by atoms with E-state index in [0.29, 0.717) is 12.5 Å². The van der Waals surface area contributed by atoms with Crippen LogP contribution in [0.15, 0.2) is 36.7 Å². The summed E-state index contributed by atoms with van der Waals surface area (Å²) in [5, 5.41) is 0.751. The molecule has 1 aromatic carbocycles. The maximum atomic E-state index is 6.08. The predicted molar refractivity (Wildman–Crippen MR) is 81.5 cm³/mol. The summed E-state index contributed by atoms with van der Waals surface area (Å²) >= 11 is 6.08. The fourth-order valence-electron chi connectivity index (χ4n) is 2.20. The first-order valence-corrected chi connectivity index (χ1v) is 6.91. The summed E-state index contributed by atoms with van der Waals surface area (Å²) in [5.74, 6) is 0.428. The van der Waals surface area contributed by atoms with Crippen LogP contribution in [0.5, 0.6) is 0 Å². The highest BCUT2D eigenvalue weighted by Crippen LogP contribution is 2.28. The van der Waals surface area contributed by atoms with Gasteiger partial charge >= 0.3 is 0 Å². The Kier molecular flexibility index (Phi) is 4.56. The van der Waals surface area contributed by atoms with Crippen molar-refractivity contribution in [2.45, 2.75) is 26.2 Å². The van der Waals surface area contributed by atoms with Crippen LogP contribution in [0.3, 0.4) is 0 Å². The average molecular weight is 275 g/mol. The average Bonchev–Trinajstić information content (AvgIpc) is 2.42. The molecule has 0 fully saturated rings. The Morgan fingerprint density at radius 2 is 2.05 bits per heavy atom. The van der Waals surface area contributed by atoms with Gasteiger partial charge in [-0.15, -0.1) is 0 Å². The van der Waals surface area contributed by atoms with Crippen LogP contribution in [0.1, 0.15) is 30.4 Å². The highest BCUT2D eigenvalue weighted by Gasteiger charge is 2.08. The molecule has 0 aliphatic carbocycles. The smallest absolute Gasteiger partial charge is 0.0412 e. The van der Waals surface area contributed by atoms with Crippen molar-refractivity contribution in [1.82, 2.24) is 4.98 Å². The van der Waals surface area contributed by atoms with Gasteiger partial charge in [0.05, 0.1) is 0 Å². The van der Waals surface area contributed by atoms with Crippen molar-refractivity contribution >= 4 is 11.6 Å². The number of halogens is 1. The van der Waals surface area contributed by atoms with Crippen LogP contribution in [-0.2, 0) is 0 Å². The van der Waals surface area contributed by atoms with Gasteiger partial charge in [0.25, 0.3) is 0 Å². The van der Waals surface area contributed by atoms with Crippen LogP contribution < -0.4 is 5.73 Å². The van der Waals surface area contributed by atoms with E-state index in [9.17, 15) is 0 Å². The second kappa shape index (κ2) is 6.18. The third kappa shape index (κ3) is 3.34. The quantitative estimate of drug-likeness (QED) is 0.909. The predicted octanol–water partition coefficient (Wildman–Crippen LogP) is 4.16. The second-order valence-corrected chi connectivity index (χ2v) is 5.38. The Balaban J connectivity index is 2.40. The first-order valence-electron chi connectivity index (χ1n) is 6.53. The molecule has 1 heterocycles. The van der Waals surface area contributed by atoms with Gasteiger partial charge in [-0.2, -0.15) is 0 Å². The highest BCUT2D eigenvalue weighted by molar-refractivity contribution is 6.30. The number of pyridine rings is 1. The van der Waals surface area contributed by atoms with E-state index in [0.717, 1.165) is 22.6 Å². The van der Waals surface area contributed by atoms with Crippen LogP contribution in [-0.4, -0.2) is 11.5 Å². The first-order chi connectivity index (χ1) is 9.11. The summed E-state index contributed by atoms with van der Waals surface area (Å²) in [5.41, 5.74) is 10.3. The van der Waals surface area contributed by atoms with Crippen LogP contribution in [0.2, 0.25) is 5.02 Å². The molecule has 2 N–H and O–H groups in total. The van der Waals surface area contributed by atoms with Crippen molar-refractivity contribution in [3.05, 3.63) is 52.8 Å². The summed E-state index contributed by atoms with van der Waals surface area (Å²) in [6.45, 7) is 4.96. The molecule has 0 radical (unpaired) electrons. The van der Waals surface area contributed by atoms with Gasteiger partial charge in [0, 0.05) is 23.0 Å². The molecule has 0 spiro atoms. The van der Waals surface area contributed by atoms with Gasteiger partial charge in [-0.05, 0) is 60.7 Å². The number of hydrogen-bond donors (Lipinski definition) is 1. The Hall–Kier alpha value is -1.38. The largest absolute Gasteiger partial charge is 0.330 e. The minimum absolute atomic E-state index is 0.428. The van der Waals surface area contributed by atoms with Crippen molar-refractivity contribution in [2.24, 2.45) is 5.73 Å². The van der Waals surface area contributed by atoms with Gasteiger partial charge in [-0.1, -0.05) is 24.6 Å². The van der Waals surface area contributed by atoms with E-state index in [4.69, 9.17) is 17.3 Å². The molecule has 19 heavy (non-hydrogen) atoms. The summed E-state index contributed by atoms with van der Waals surface area (Å²) in [4.78, 5) is 4.35. The first kappa shape index (κ1) is 14.0. The van der Waals surface area contributed by atoms with E-state index in [-0.39, 0.29) is 0 Å². The van der Waals surface area contributed by atoms with Crippen LogP contribution in [0.25, 0.3) is 11.1 Å². The van der Waals surface area contributed by atoms with Gasteiger partial charge in [-0.25, -0.2) is 0 Å². The zero-order valence-electron chi connectivity index (χ0n) is 11.4. The molecule has 0 bridgehead atoms. The highest BCUT2D eigenvalue weighted by atomic mass is 35.5. The molecule has 0 saturated carbocycles. The fraction of sp³-hybridized carbons (Fsp3) is 0.312. The van der Waals surface area contributed by atoms with E-state index >= 15 is 0 Å². The molecule has 3 heteroatoms. The molecule has 1 aromatic heterocycles. The monoisotopic (exact) mass is 274 g/mol. The van der Waals surface area contributed by atoms with Crippen molar-refractivity contribution < 1.29 is 0 Å². The van der Waals surface area contributed by atoms with Crippen molar-refractivity contribution in [3.63, 3.8) is 0 Å². The third-order valence-electron chi connectivity index (χ3n) is 3.44. The summed E-state index contributed by atoms with van der Waals surface area (Å²) in [6, 6.07) is 8.12. The maximum Gasteiger partial charge on any atom is 0.0412 e. The van der Waals surface area contributed by atoms with Crippen molar-refractivity contribution in [2.75, 3.05) is 6.54 Å². The number of nitrogens with two attached hydrogens (primary N) is 1. The SMILES string of the molecule is Cc1ccc(Cl)cc1-c1cncc(C(C)CCN)c1. The molecule has 100 valence electrons. The van der Waals surface area contributed by atoms with Crippen LogP contribution in [0.4, 0.5) is 0 Å². The summed E-state index contributed by atoms with van der Waals surface area (Å²) < 4.78 is 0. The molecule has 2 rings (SSSR count). The molecule has 2 aromatic rings. The third-order valence-corrected chi connectivity index (χ3v) is 3.67. The number of aromatic nitrogens is 1. The van der Waals surface area contributed by atoms with E-state index in [1.807, 2.05) is 30.6 Å². The Morgan fingerprint density at radius 3 is 2.79 bits per heavy atom. The van der Waals surface area contributed by atoms with E-state index in [1.165, 1.54) is 11.1 Å². The Bertz CT molecular complexity index is 566. The number of rotatable bonds is 4. The molecule has 0 amide bonds. The molecular weight excluding hydrogens is 256 g/mol. The number of nitrogens with zero attached hydrogens (tertiary/aromatic N) is 1. The molecule has 0 aliphatic heterocycles. The van der Waals surface area contributed by atoms with Gasteiger partial charge in [0.2, 0.25) is 0 Å². The van der Waals surface area contributed by atoms with Crippen LogP contribution >= 0.6 is 11.6 Å². The Labute approximate surface area is 119 Å². The van der Waals surface area contributed by atoms with E-state index in [1.54, 1.807) is 0 Å². The normalized spacial score (nSPS) is 12.4. The molecular formula is C16H19ClN2. The lowest BCUT2D eigenvalue weighted by atomic mass is 9.95. The van der Waals surface area contributed by atoms with Gasteiger partial charge in [0.1, 0.15) is 0 Å². The topological polar surface area (TPSA) is 38.9 Å². The van der Waals surface area contributed by atoms with E-state index < -0.39 is 0 Å². The molecule has 2 nitrogen and oxygen atoms in total. The van der Waals surface area contributed by atoms with Crippen molar-refractivity contribution in [3.8, 4) is 11.1 Å². The maximum absolute atomic E-state index is 6.08. The zero-order valence-corrected chi connectivity index (χ0v) is 12.1. The lowest BCUT2D eigenvalue weighted by Crippen LogP contribution is -2.05. The minimum atomic E-state index is 0.428. The van der Waals surface area contributed by atoms with Gasteiger partial charge in [-0.3, -0.25) is 4.98 Å². The zero-order chi connectivity index (χ0) is 13.8. The lowest BCUT2D eigenvalue weighted by Gasteiger charge is -2.12. The molecule has 0 saturated heterocycles. The number of benzene rings is 1. The summed E-state index contributed by atoms with van der Waals surface area (Å²) in [7, 11) is 0. The van der Waals surface area contributed by atoms with E-state index in [2.05, 4.69) is 24.9 Å². The van der Waals surface area contributed by atoms with Gasteiger partial charge < -0.3 is 5.73 Å². The molecule has 1 unspecified atom stereocenters. The van der Waals surface area contributed by atoms with Crippen LogP contribution in [0, 0.1) is 6.92 Å². The summed E-state index contributed by atoms with van der Waals surface area (Å²) in [6.07, 6.45) is 4.78. The van der Waals surface area contributed by atoms with Crippen molar-refractivity contribution in [1.29, 1.82) is 0 Å². The standard InChI is InChI=1S/C16H19ClN2/c1-11(5-6-18)13-7-14(10-19-9-13)16-8-15(17)4-3-12(16)2/h3-4,7-11H,5-6,18H2,1-2H3.